The largest absolute Gasteiger partial charge is 0.423 e. The van der Waals surface area contributed by atoms with Crippen LogP contribution in [0.2, 0.25) is 25.7 Å². The van der Waals surface area contributed by atoms with Gasteiger partial charge in [-0.05, 0) is 43.3 Å². The van der Waals surface area contributed by atoms with E-state index in [1.165, 1.54) is 19.2 Å². The van der Waals surface area contributed by atoms with E-state index >= 15 is 4.39 Å². The molecule has 4 rings (SSSR count). The second-order valence-corrected chi connectivity index (χ2v) is 17.8. The Hall–Kier alpha value is -4.19. The first-order valence-corrected chi connectivity index (χ1v) is 18.2. The van der Waals surface area contributed by atoms with Crippen LogP contribution in [0.1, 0.15) is 32.3 Å². The van der Waals surface area contributed by atoms with Gasteiger partial charge in [0.25, 0.3) is 11.1 Å². The number of aromatic nitrogens is 5. The first kappa shape index (κ1) is 35.1. The zero-order chi connectivity index (χ0) is 36.5. The Kier molecular flexibility index (Phi) is 10.3. The average Bonchev–Trinajstić information content (AvgIpc) is 2.97. The molecule has 1 aromatic carbocycles. The summed E-state index contributed by atoms with van der Waals surface area (Å²) in [5.41, 5.74) is -6.46. The molecule has 48 heavy (non-hydrogen) atoms. The van der Waals surface area contributed by atoms with Crippen molar-refractivity contribution >= 4 is 24.5 Å². The van der Waals surface area contributed by atoms with Crippen LogP contribution in [0.4, 0.5) is 40.8 Å². The standard InChI is InChI=1S/C30H32F8N6O3Si/c1-17(42-21-15-41-44(16-47-10-11-48(2,3)4)28(46)23(21)30(36,37)38)6-5-8-43-9-7-18-12-20(24(31)25(32)22(18)27(43)45)26-39-13-19(14-40-26)29(33,34)35/h7,9,12-15,17,42H,5-6,8,10-11,16H2,1-4H3/i17D. The number of ether oxygens (including phenoxy) is 1. The zero-order valence-corrected chi connectivity index (χ0v) is 27.2. The maximum absolute atomic E-state index is 15.1. The molecule has 4 aromatic rings. The molecule has 0 saturated carbocycles. The van der Waals surface area contributed by atoms with E-state index in [1.54, 1.807) is 0 Å². The summed E-state index contributed by atoms with van der Waals surface area (Å²) in [5.74, 6) is -3.67. The van der Waals surface area contributed by atoms with Gasteiger partial charge in [0.05, 0.1) is 29.8 Å². The van der Waals surface area contributed by atoms with Crippen LogP contribution in [0.5, 0.6) is 0 Å². The fourth-order valence-electron chi connectivity index (χ4n) is 4.61. The third-order valence-corrected chi connectivity index (χ3v) is 8.91. The highest BCUT2D eigenvalue weighted by Gasteiger charge is 2.38. The predicted molar refractivity (Wildman–Crippen MR) is 164 cm³/mol. The van der Waals surface area contributed by atoms with Crippen LogP contribution in [-0.2, 0) is 30.4 Å². The quantitative estimate of drug-likeness (QED) is 0.0970. The summed E-state index contributed by atoms with van der Waals surface area (Å²) in [6.45, 7) is 7.12. The number of pyridine rings is 1. The van der Waals surface area contributed by atoms with Crippen LogP contribution in [0.25, 0.3) is 22.2 Å². The van der Waals surface area contributed by atoms with Crippen molar-refractivity contribution in [2.24, 2.45) is 0 Å². The fourth-order valence-corrected chi connectivity index (χ4v) is 5.37. The van der Waals surface area contributed by atoms with Gasteiger partial charge in [-0.2, -0.15) is 31.4 Å². The highest BCUT2D eigenvalue weighted by atomic mass is 28.3. The van der Waals surface area contributed by atoms with Crippen molar-refractivity contribution in [1.82, 2.24) is 24.3 Å². The topological polar surface area (TPSA) is 104 Å². The van der Waals surface area contributed by atoms with Crippen LogP contribution in [0.3, 0.4) is 0 Å². The predicted octanol–water partition coefficient (Wildman–Crippen LogP) is 6.92. The molecule has 0 aliphatic rings. The molecule has 0 spiro atoms. The van der Waals surface area contributed by atoms with E-state index in [4.69, 9.17) is 6.11 Å². The van der Waals surface area contributed by atoms with Gasteiger partial charge < -0.3 is 14.6 Å². The Balaban J connectivity index is 1.49. The van der Waals surface area contributed by atoms with Crippen LogP contribution < -0.4 is 16.4 Å². The van der Waals surface area contributed by atoms with Crippen molar-refractivity contribution in [3.8, 4) is 11.4 Å². The normalized spacial score (nSPS) is 14.2. The molecule has 0 saturated heterocycles. The van der Waals surface area contributed by atoms with E-state index in [9.17, 15) is 40.3 Å². The molecule has 0 radical (unpaired) electrons. The van der Waals surface area contributed by atoms with Gasteiger partial charge >= 0.3 is 12.4 Å². The van der Waals surface area contributed by atoms with E-state index in [-0.39, 0.29) is 31.4 Å². The number of anilines is 1. The SMILES string of the molecule is [2H]C(C)(CCCn1ccc2cc(-c3ncc(C(F)(F)F)cn3)c(F)c(F)c2c1=O)Nc1cnn(COCC[Si](C)(C)C)c(=O)c1C(F)(F)F. The number of aryl methyl sites for hydroxylation is 1. The summed E-state index contributed by atoms with van der Waals surface area (Å²) >= 11 is 0. The van der Waals surface area contributed by atoms with Crippen molar-refractivity contribution in [3.63, 3.8) is 0 Å². The monoisotopic (exact) mass is 705 g/mol. The molecule has 18 heteroatoms. The third kappa shape index (κ3) is 8.63. The third-order valence-electron chi connectivity index (χ3n) is 7.20. The molecule has 1 N–H and O–H groups in total. The lowest BCUT2D eigenvalue weighted by Gasteiger charge is -2.20. The second kappa shape index (κ2) is 14.1. The maximum atomic E-state index is 15.1. The first-order valence-electron chi connectivity index (χ1n) is 15.0. The highest BCUT2D eigenvalue weighted by molar-refractivity contribution is 6.76. The highest BCUT2D eigenvalue weighted by Crippen LogP contribution is 2.33. The minimum Gasteiger partial charge on any atom is -0.381 e. The lowest BCUT2D eigenvalue weighted by molar-refractivity contribution is -0.139. The van der Waals surface area contributed by atoms with Crippen LogP contribution in [0.15, 0.2) is 46.5 Å². The van der Waals surface area contributed by atoms with Gasteiger partial charge in [0.2, 0.25) is 0 Å². The summed E-state index contributed by atoms with van der Waals surface area (Å²) in [6, 6.07) is 1.20. The Morgan fingerprint density at radius 1 is 1.00 bits per heavy atom. The van der Waals surface area contributed by atoms with Crippen LogP contribution in [0, 0.1) is 11.6 Å². The zero-order valence-electron chi connectivity index (χ0n) is 27.2. The Morgan fingerprint density at radius 2 is 1.67 bits per heavy atom. The number of rotatable bonds is 12. The molecule has 0 amide bonds. The van der Waals surface area contributed by atoms with Gasteiger partial charge in [0, 0.05) is 45.8 Å². The smallest absolute Gasteiger partial charge is 0.381 e. The van der Waals surface area contributed by atoms with Gasteiger partial charge in [0.1, 0.15) is 12.3 Å². The molecule has 1 unspecified atom stereocenters. The number of halogens is 8. The summed E-state index contributed by atoms with van der Waals surface area (Å²) < 4.78 is 126. The van der Waals surface area contributed by atoms with Crippen LogP contribution in [-0.4, -0.2) is 45.0 Å². The molecule has 3 aromatic heterocycles. The lowest BCUT2D eigenvalue weighted by atomic mass is 10.1. The van der Waals surface area contributed by atoms with Gasteiger partial charge in [-0.3, -0.25) is 9.59 Å². The van der Waals surface area contributed by atoms with Crippen molar-refractivity contribution in [2.45, 2.75) is 77.1 Å². The molecular formula is C30H32F8N6O3Si. The first-order chi connectivity index (χ1) is 22.6. The molecule has 3 heterocycles. The van der Waals surface area contributed by atoms with Gasteiger partial charge in [-0.1, -0.05) is 19.6 Å². The average molecular weight is 706 g/mol. The minimum absolute atomic E-state index is 0.00321. The molecule has 0 aliphatic carbocycles. The number of nitrogens with one attached hydrogen (secondary N) is 1. The minimum atomic E-state index is -5.09. The van der Waals surface area contributed by atoms with E-state index < -0.39 is 89.5 Å². The summed E-state index contributed by atoms with van der Waals surface area (Å²) in [6.07, 6.45) is -7.15. The summed E-state index contributed by atoms with van der Waals surface area (Å²) in [7, 11) is -1.48. The Labute approximate surface area is 271 Å². The van der Waals surface area contributed by atoms with Crippen molar-refractivity contribution < 1.29 is 41.2 Å². The number of alkyl halides is 6. The number of benzene rings is 1. The lowest BCUT2D eigenvalue weighted by Crippen LogP contribution is -2.34. The fraction of sp³-hybridized carbons (Fsp3) is 0.433. The molecule has 260 valence electrons. The van der Waals surface area contributed by atoms with E-state index in [0.717, 1.165) is 22.9 Å². The number of hydrogen-bond donors (Lipinski definition) is 1. The summed E-state index contributed by atoms with van der Waals surface area (Å²) in [4.78, 5) is 32.7. The van der Waals surface area contributed by atoms with Gasteiger partial charge in [-0.25, -0.2) is 23.4 Å². The molecule has 0 fully saturated rings. The molecule has 0 aliphatic heterocycles. The van der Waals surface area contributed by atoms with E-state index in [2.05, 4.69) is 40.0 Å². The Morgan fingerprint density at radius 3 is 2.27 bits per heavy atom. The summed E-state index contributed by atoms with van der Waals surface area (Å²) in [5, 5.41) is 5.42. The van der Waals surface area contributed by atoms with Crippen molar-refractivity contribution in [3.05, 3.63) is 80.4 Å². The number of fused-ring (bicyclic) bond motifs is 1. The Bertz CT molecular complexity index is 1940. The van der Waals surface area contributed by atoms with Crippen LogP contribution >= 0.6 is 0 Å². The molecule has 1 atom stereocenters. The molecular weight excluding hydrogens is 672 g/mol. The second-order valence-electron chi connectivity index (χ2n) is 12.2. The molecule has 9 nitrogen and oxygen atoms in total. The molecule has 0 bridgehead atoms. The van der Waals surface area contributed by atoms with Gasteiger partial charge in [0.15, 0.2) is 17.5 Å². The number of nitrogens with zero attached hydrogens (tertiary/aromatic N) is 5. The van der Waals surface area contributed by atoms with Crippen molar-refractivity contribution in [2.75, 3.05) is 11.9 Å². The number of hydrogen-bond acceptors (Lipinski definition) is 7. The van der Waals surface area contributed by atoms with Gasteiger partial charge in [-0.15, -0.1) is 0 Å². The van der Waals surface area contributed by atoms with E-state index in [0.29, 0.717) is 17.1 Å². The van der Waals surface area contributed by atoms with Crippen molar-refractivity contribution in [1.29, 1.82) is 0 Å². The van der Waals surface area contributed by atoms with E-state index in [1.807, 2.05) is 0 Å². The maximum Gasteiger partial charge on any atom is 0.423 e.